The third-order valence-corrected chi connectivity index (χ3v) is 6.92. The first-order valence-corrected chi connectivity index (χ1v) is 12.4. The number of aromatic nitrogens is 1. The molecule has 0 spiro atoms. The topological polar surface area (TPSA) is 75.9 Å². The van der Waals surface area contributed by atoms with E-state index in [2.05, 4.69) is 29.2 Å². The monoisotopic (exact) mass is 473 g/mol. The number of carbonyl (C=O) groups is 2. The molecule has 1 aromatic heterocycles. The van der Waals surface area contributed by atoms with E-state index < -0.39 is 0 Å². The van der Waals surface area contributed by atoms with Gasteiger partial charge < -0.3 is 19.0 Å². The maximum absolute atomic E-state index is 13.1. The van der Waals surface area contributed by atoms with Crippen LogP contribution in [0.15, 0.2) is 52.9 Å². The van der Waals surface area contributed by atoms with Crippen LogP contribution in [0.4, 0.5) is 5.69 Å². The predicted octanol–water partition coefficient (Wildman–Crippen LogP) is 4.63. The van der Waals surface area contributed by atoms with Crippen LogP contribution in [0, 0.1) is 12.8 Å². The molecule has 35 heavy (non-hydrogen) atoms. The second-order valence-electron chi connectivity index (χ2n) is 9.24. The lowest BCUT2D eigenvalue weighted by Gasteiger charge is -2.31. The molecule has 7 heteroatoms. The minimum atomic E-state index is -0.247. The molecule has 7 nitrogen and oxygen atoms in total. The van der Waals surface area contributed by atoms with Gasteiger partial charge in [-0.2, -0.15) is 0 Å². The zero-order valence-corrected chi connectivity index (χ0v) is 20.3. The first-order valence-electron chi connectivity index (χ1n) is 12.4. The fourth-order valence-corrected chi connectivity index (χ4v) is 5.00. The Balaban J connectivity index is 1.26. The van der Waals surface area contributed by atoms with Crippen LogP contribution in [-0.2, 0) is 22.5 Å². The summed E-state index contributed by atoms with van der Waals surface area (Å²) in [7, 11) is 0. The van der Waals surface area contributed by atoms with Crippen LogP contribution in [0.3, 0.4) is 0 Å². The number of rotatable bonds is 6. The minimum Gasteiger partial charge on any atom is -0.466 e. The van der Waals surface area contributed by atoms with Crippen molar-refractivity contribution in [2.45, 2.75) is 39.7 Å². The Morgan fingerprint density at radius 3 is 2.71 bits per heavy atom. The molecule has 182 valence electrons. The van der Waals surface area contributed by atoms with E-state index in [-0.39, 0.29) is 17.8 Å². The van der Waals surface area contributed by atoms with Crippen molar-refractivity contribution in [1.82, 2.24) is 9.88 Å². The molecule has 5 rings (SSSR count). The van der Waals surface area contributed by atoms with E-state index in [0.29, 0.717) is 37.7 Å². The third kappa shape index (κ3) is 4.81. The van der Waals surface area contributed by atoms with Gasteiger partial charge in [0, 0.05) is 36.4 Å². The van der Waals surface area contributed by atoms with Gasteiger partial charge in [0.15, 0.2) is 0 Å². The summed E-state index contributed by atoms with van der Waals surface area (Å²) in [5, 5.41) is 0. The molecule has 0 N–H and O–H groups in total. The van der Waals surface area contributed by atoms with Crippen LogP contribution in [0.5, 0.6) is 0 Å². The summed E-state index contributed by atoms with van der Waals surface area (Å²) >= 11 is 0. The number of oxazole rings is 1. The van der Waals surface area contributed by atoms with Gasteiger partial charge in [-0.25, -0.2) is 4.98 Å². The van der Waals surface area contributed by atoms with Crippen LogP contribution in [0.2, 0.25) is 0 Å². The van der Waals surface area contributed by atoms with Crippen molar-refractivity contribution in [3.63, 3.8) is 0 Å². The molecule has 1 atom stereocenters. The maximum atomic E-state index is 13.1. The minimum absolute atomic E-state index is 0.0671. The first kappa shape index (κ1) is 23.1. The quantitative estimate of drug-likeness (QED) is 0.486. The number of carbonyl (C=O) groups excluding carboxylic acids is 2. The van der Waals surface area contributed by atoms with Crippen molar-refractivity contribution in [3.05, 3.63) is 71.1 Å². The Hall–Kier alpha value is -3.61. The number of likely N-dealkylation sites (tertiary alicyclic amines) is 1. The molecular weight excluding hydrogens is 442 g/mol. The van der Waals surface area contributed by atoms with Gasteiger partial charge in [-0.05, 0) is 69.0 Å². The molecule has 0 radical (unpaired) electrons. The fraction of sp³-hybridized carbons (Fsp3) is 0.393. The van der Waals surface area contributed by atoms with Crippen LogP contribution >= 0.6 is 0 Å². The Kier molecular flexibility index (Phi) is 6.57. The number of amides is 1. The number of para-hydroxylation sites is 1. The molecule has 0 saturated carbocycles. The molecule has 0 aliphatic carbocycles. The van der Waals surface area contributed by atoms with Crippen molar-refractivity contribution in [2.24, 2.45) is 5.92 Å². The summed E-state index contributed by atoms with van der Waals surface area (Å²) in [5.41, 5.74) is 4.99. The van der Waals surface area contributed by atoms with Gasteiger partial charge in [0.1, 0.15) is 11.5 Å². The van der Waals surface area contributed by atoms with Gasteiger partial charge in [-0.1, -0.05) is 18.2 Å². The van der Waals surface area contributed by atoms with Crippen molar-refractivity contribution in [3.8, 4) is 11.5 Å². The Morgan fingerprint density at radius 2 is 1.91 bits per heavy atom. The molecule has 2 aromatic carbocycles. The highest BCUT2D eigenvalue weighted by atomic mass is 16.5. The second-order valence-corrected chi connectivity index (χ2v) is 9.24. The van der Waals surface area contributed by atoms with Gasteiger partial charge in [0.25, 0.3) is 5.91 Å². The summed E-state index contributed by atoms with van der Waals surface area (Å²) in [6.07, 6.45) is 2.61. The van der Waals surface area contributed by atoms with Gasteiger partial charge in [0.2, 0.25) is 5.89 Å². The van der Waals surface area contributed by atoms with Gasteiger partial charge in [-0.3, -0.25) is 9.59 Å². The average molecular weight is 474 g/mol. The molecule has 0 bridgehead atoms. The maximum Gasteiger partial charge on any atom is 0.310 e. The molecule has 1 amide bonds. The van der Waals surface area contributed by atoms with Crippen LogP contribution in [-0.4, -0.2) is 48.0 Å². The number of piperidine rings is 1. The van der Waals surface area contributed by atoms with Gasteiger partial charge in [-0.15, -0.1) is 0 Å². The first-order chi connectivity index (χ1) is 17.0. The summed E-state index contributed by atoms with van der Waals surface area (Å²) in [6, 6.07) is 15.9. The summed E-state index contributed by atoms with van der Waals surface area (Å²) in [6.45, 7) is 6.85. The lowest BCUT2D eigenvalue weighted by molar-refractivity contribution is -0.149. The molecule has 3 aromatic rings. The van der Waals surface area contributed by atoms with Crippen molar-refractivity contribution >= 4 is 17.6 Å². The SMILES string of the molecule is CCOC(=O)[C@H]1CCCN(C(=O)c2ccc(-c3nc(CN4CCc5ccccc54)c(C)o3)cc2)C1. The van der Waals surface area contributed by atoms with Crippen LogP contribution in [0.25, 0.3) is 11.5 Å². The molecule has 2 aliphatic rings. The summed E-state index contributed by atoms with van der Waals surface area (Å²) < 4.78 is 11.1. The smallest absolute Gasteiger partial charge is 0.310 e. The number of esters is 1. The van der Waals surface area contributed by atoms with E-state index in [1.165, 1.54) is 11.3 Å². The Bertz CT molecular complexity index is 1220. The molecule has 2 aliphatic heterocycles. The van der Waals surface area contributed by atoms with E-state index in [1.54, 1.807) is 11.8 Å². The number of hydrogen-bond donors (Lipinski definition) is 0. The number of ether oxygens (including phenoxy) is 1. The van der Waals surface area contributed by atoms with Crippen molar-refractivity contribution < 1.29 is 18.7 Å². The number of anilines is 1. The normalized spacial score (nSPS) is 17.4. The van der Waals surface area contributed by atoms with Crippen LogP contribution in [0.1, 0.15) is 47.1 Å². The number of nitrogens with zero attached hydrogens (tertiary/aromatic N) is 3. The fourth-order valence-electron chi connectivity index (χ4n) is 5.00. The second kappa shape index (κ2) is 9.94. The number of hydrogen-bond acceptors (Lipinski definition) is 6. The zero-order valence-electron chi connectivity index (χ0n) is 20.3. The van der Waals surface area contributed by atoms with Gasteiger partial charge in [0.05, 0.1) is 19.1 Å². The largest absolute Gasteiger partial charge is 0.466 e. The highest BCUT2D eigenvalue weighted by Crippen LogP contribution is 2.30. The van der Waals surface area contributed by atoms with E-state index in [4.69, 9.17) is 14.1 Å². The Morgan fingerprint density at radius 1 is 1.11 bits per heavy atom. The number of fused-ring (bicyclic) bond motifs is 1. The molecule has 1 saturated heterocycles. The van der Waals surface area contributed by atoms with E-state index in [9.17, 15) is 9.59 Å². The lowest BCUT2D eigenvalue weighted by Crippen LogP contribution is -2.42. The highest BCUT2D eigenvalue weighted by molar-refractivity contribution is 5.95. The van der Waals surface area contributed by atoms with E-state index in [1.807, 2.05) is 31.2 Å². The number of aryl methyl sites for hydroxylation is 1. The molecule has 1 fully saturated rings. The predicted molar refractivity (Wildman–Crippen MR) is 133 cm³/mol. The highest BCUT2D eigenvalue weighted by Gasteiger charge is 2.30. The summed E-state index contributed by atoms with van der Waals surface area (Å²) in [5.74, 6) is 0.839. The number of benzene rings is 2. The Labute approximate surface area is 205 Å². The van der Waals surface area contributed by atoms with E-state index >= 15 is 0 Å². The average Bonchev–Trinajstić information content (AvgIpc) is 3.47. The molecule has 0 unspecified atom stereocenters. The zero-order chi connectivity index (χ0) is 24.4. The van der Waals surface area contributed by atoms with Crippen molar-refractivity contribution in [1.29, 1.82) is 0 Å². The molecule has 3 heterocycles. The lowest BCUT2D eigenvalue weighted by atomic mass is 9.97. The standard InChI is InChI=1S/C28H31N3O4/c1-3-34-28(33)23-8-6-15-31(17-23)27(32)22-12-10-21(11-13-22)26-29-24(19(2)35-26)18-30-16-14-20-7-4-5-9-25(20)30/h4-5,7,9-13,23H,3,6,8,14-18H2,1-2H3/t23-/m0/s1. The molecular formula is C28H31N3O4. The van der Waals surface area contributed by atoms with Gasteiger partial charge >= 0.3 is 5.97 Å². The van der Waals surface area contributed by atoms with Crippen LogP contribution < -0.4 is 4.90 Å². The van der Waals surface area contributed by atoms with Crippen molar-refractivity contribution in [2.75, 3.05) is 31.1 Å². The summed E-state index contributed by atoms with van der Waals surface area (Å²) in [4.78, 5) is 34.0. The van der Waals surface area contributed by atoms with E-state index in [0.717, 1.165) is 42.8 Å². The third-order valence-electron chi connectivity index (χ3n) is 6.92.